The van der Waals surface area contributed by atoms with E-state index in [-0.39, 0.29) is 17.3 Å². The van der Waals surface area contributed by atoms with Gasteiger partial charge in [0.25, 0.3) is 0 Å². The second-order valence-electron chi connectivity index (χ2n) is 3.86. The molecule has 1 heterocycles. The fraction of sp³-hybridized carbons (Fsp3) is 0.0714. The van der Waals surface area contributed by atoms with Crippen molar-refractivity contribution in [2.45, 2.75) is 0 Å². The van der Waals surface area contributed by atoms with Crippen molar-refractivity contribution in [2.75, 3.05) is 11.1 Å². The van der Waals surface area contributed by atoms with E-state index in [1.165, 1.54) is 17.8 Å². The summed E-state index contributed by atoms with van der Waals surface area (Å²) in [6.07, 6.45) is 1.66. The van der Waals surface area contributed by atoms with Crippen LogP contribution in [-0.4, -0.2) is 25.9 Å². The minimum absolute atomic E-state index is 0.0123. The molecule has 0 radical (unpaired) electrons. The molecule has 0 atom stereocenters. The molecule has 2 rings (SSSR count). The molecule has 4 nitrogen and oxygen atoms in total. The fourth-order valence-electron chi connectivity index (χ4n) is 1.50. The second kappa shape index (κ2) is 7.02. The van der Waals surface area contributed by atoms with Crippen LogP contribution in [0.1, 0.15) is 10.4 Å². The van der Waals surface area contributed by atoms with Crippen LogP contribution in [0.3, 0.4) is 0 Å². The second-order valence-corrected chi connectivity index (χ2v) is 5.51. The maximum absolute atomic E-state index is 11.9. The number of benzene rings is 1. The number of Topliss-reactive ketones (excluding diaryl/α,β-unsaturated/α-hetero) is 1. The van der Waals surface area contributed by atoms with Crippen LogP contribution in [0.4, 0.5) is 5.82 Å². The molecule has 0 unspecified atom stereocenters. The van der Waals surface area contributed by atoms with Crippen LogP contribution in [0.25, 0.3) is 0 Å². The number of thiocarbonyl (C=S) groups is 1. The molecule has 0 saturated heterocycles. The van der Waals surface area contributed by atoms with Gasteiger partial charge in [0, 0.05) is 6.20 Å². The quantitative estimate of drug-likeness (QED) is 0.668. The van der Waals surface area contributed by atoms with Crippen molar-refractivity contribution in [2.24, 2.45) is 0 Å². The van der Waals surface area contributed by atoms with Crippen molar-refractivity contribution in [3.63, 3.8) is 0 Å². The third kappa shape index (κ3) is 4.04. The van der Waals surface area contributed by atoms with Gasteiger partial charge in [-0.1, -0.05) is 42.2 Å². The number of phenolic OH excluding ortho intramolecular Hbond substituents is 1. The molecule has 0 aliphatic heterocycles. The van der Waals surface area contributed by atoms with E-state index < -0.39 is 0 Å². The molecule has 0 fully saturated rings. The Labute approximate surface area is 126 Å². The predicted octanol–water partition coefficient (Wildman–Crippen LogP) is 3.10. The number of phenols is 1. The van der Waals surface area contributed by atoms with Crippen molar-refractivity contribution >= 4 is 39.9 Å². The Balaban J connectivity index is 1.88. The van der Waals surface area contributed by atoms with Crippen LogP contribution in [0.2, 0.25) is 0 Å². The zero-order valence-corrected chi connectivity index (χ0v) is 12.1. The first-order valence-electron chi connectivity index (χ1n) is 5.83. The third-order valence-corrected chi connectivity index (χ3v) is 3.66. The number of aromatic hydroxyl groups is 1. The Bertz CT molecular complexity index is 618. The summed E-state index contributed by atoms with van der Waals surface area (Å²) in [6, 6.07) is 11.9. The Morgan fingerprint density at radius 1 is 1.25 bits per heavy atom. The highest BCUT2D eigenvalue weighted by Crippen LogP contribution is 2.19. The molecular formula is C14H12N2O2S2. The number of para-hydroxylation sites is 1. The first kappa shape index (κ1) is 14.5. The molecular weight excluding hydrogens is 292 g/mol. The number of hydrogen-bond donors (Lipinski definition) is 2. The number of anilines is 1. The zero-order valence-electron chi connectivity index (χ0n) is 10.4. The summed E-state index contributed by atoms with van der Waals surface area (Å²) in [5, 5.41) is 12.5. The van der Waals surface area contributed by atoms with E-state index in [1.807, 2.05) is 12.1 Å². The zero-order chi connectivity index (χ0) is 14.4. The van der Waals surface area contributed by atoms with Gasteiger partial charge in [-0.3, -0.25) is 4.79 Å². The van der Waals surface area contributed by atoms with Crippen LogP contribution in [-0.2, 0) is 0 Å². The standard InChI is InChI=1S/C14H12N2O2S2/c17-11-6-2-1-5-10(11)12(18)9-20-14(19)16-13-7-3-4-8-15-13/h1-8,17H,9H2,(H,15,16,19). The summed E-state index contributed by atoms with van der Waals surface area (Å²) >= 11 is 6.34. The number of carbonyl (C=O) groups is 1. The summed E-state index contributed by atoms with van der Waals surface area (Å²) in [5.74, 6) is 0.621. The number of rotatable bonds is 4. The molecule has 1 aromatic carbocycles. The summed E-state index contributed by atoms with van der Waals surface area (Å²) in [7, 11) is 0. The van der Waals surface area contributed by atoms with Gasteiger partial charge < -0.3 is 10.4 Å². The number of hydrogen-bond acceptors (Lipinski definition) is 5. The van der Waals surface area contributed by atoms with Crippen LogP contribution in [0.15, 0.2) is 48.7 Å². The maximum Gasteiger partial charge on any atom is 0.176 e. The SMILES string of the molecule is O=C(CSC(=S)Nc1ccccn1)c1ccccc1O. The molecule has 6 heteroatoms. The predicted molar refractivity (Wildman–Crippen MR) is 85.4 cm³/mol. The fourth-order valence-corrected chi connectivity index (χ4v) is 2.37. The molecule has 2 aromatic rings. The molecule has 1 aromatic heterocycles. The number of pyridine rings is 1. The lowest BCUT2D eigenvalue weighted by Gasteiger charge is -2.06. The van der Waals surface area contributed by atoms with Gasteiger partial charge in [-0.15, -0.1) is 0 Å². The van der Waals surface area contributed by atoms with E-state index in [4.69, 9.17) is 12.2 Å². The van der Waals surface area contributed by atoms with Crippen molar-refractivity contribution < 1.29 is 9.90 Å². The number of thioether (sulfide) groups is 1. The Kier molecular flexibility index (Phi) is 5.09. The van der Waals surface area contributed by atoms with Crippen molar-refractivity contribution in [1.82, 2.24) is 4.98 Å². The van der Waals surface area contributed by atoms with Crippen LogP contribution < -0.4 is 5.32 Å². The Morgan fingerprint density at radius 3 is 2.70 bits per heavy atom. The van der Waals surface area contributed by atoms with Gasteiger partial charge in [0.2, 0.25) is 0 Å². The molecule has 0 saturated carbocycles. The van der Waals surface area contributed by atoms with Gasteiger partial charge in [-0.2, -0.15) is 0 Å². The highest BCUT2D eigenvalue weighted by molar-refractivity contribution is 8.23. The van der Waals surface area contributed by atoms with E-state index in [0.717, 1.165) is 0 Å². The highest BCUT2D eigenvalue weighted by Gasteiger charge is 2.11. The lowest BCUT2D eigenvalue weighted by Crippen LogP contribution is -2.10. The molecule has 2 N–H and O–H groups in total. The van der Waals surface area contributed by atoms with E-state index in [0.29, 0.717) is 15.7 Å². The minimum atomic E-state index is -0.168. The summed E-state index contributed by atoms with van der Waals surface area (Å²) in [5.41, 5.74) is 0.306. The third-order valence-electron chi connectivity index (χ3n) is 2.43. The average molecular weight is 304 g/mol. The minimum Gasteiger partial charge on any atom is -0.507 e. The number of ketones is 1. The summed E-state index contributed by atoms with van der Waals surface area (Å²) in [6.45, 7) is 0. The molecule has 20 heavy (non-hydrogen) atoms. The smallest absolute Gasteiger partial charge is 0.176 e. The van der Waals surface area contributed by atoms with Gasteiger partial charge in [0.15, 0.2) is 5.78 Å². The van der Waals surface area contributed by atoms with E-state index in [9.17, 15) is 9.90 Å². The lowest BCUT2D eigenvalue weighted by molar-refractivity contribution is 0.102. The number of carbonyl (C=O) groups excluding carboxylic acids is 1. The Morgan fingerprint density at radius 2 is 2.00 bits per heavy atom. The lowest BCUT2D eigenvalue weighted by atomic mass is 10.1. The number of nitrogens with one attached hydrogen (secondary N) is 1. The first-order valence-corrected chi connectivity index (χ1v) is 7.22. The molecule has 0 amide bonds. The van der Waals surface area contributed by atoms with Crippen LogP contribution in [0.5, 0.6) is 5.75 Å². The molecule has 0 aliphatic rings. The first-order chi connectivity index (χ1) is 9.66. The maximum atomic E-state index is 11.9. The van der Waals surface area contributed by atoms with Gasteiger partial charge in [0.05, 0.1) is 11.3 Å². The van der Waals surface area contributed by atoms with E-state index in [1.54, 1.807) is 30.5 Å². The molecule has 0 bridgehead atoms. The Hall–Kier alpha value is -1.92. The largest absolute Gasteiger partial charge is 0.507 e. The average Bonchev–Trinajstić information content (AvgIpc) is 2.46. The van der Waals surface area contributed by atoms with Gasteiger partial charge in [-0.25, -0.2) is 4.98 Å². The molecule has 0 aliphatic carbocycles. The number of aromatic nitrogens is 1. The summed E-state index contributed by atoms with van der Waals surface area (Å²) < 4.78 is 0.465. The van der Waals surface area contributed by atoms with Crippen LogP contribution in [0, 0.1) is 0 Å². The van der Waals surface area contributed by atoms with E-state index >= 15 is 0 Å². The normalized spacial score (nSPS) is 10.0. The monoisotopic (exact) mass is 304 g/mol. The summed E-state index contributed by atoms with van der Waals surface area (Å²) in [4.78, 5) is 16.0. The van der Waals surface area contributed by atoms with Gasteiger partial charge in [-0.05, 0) is 24.3 Å². The van der Waals surface area contributed by atoms with Gasteiger partial charge in [0.1, 0.15) is 15.9 Å². The van der Waals surface area contributed by atoms with Gasteiger partial charge >= 0.3 is 0 Å². The molecule has 0 spiro atoms. The highest BCUT2D eigenvalue weighted by atomic mass is 32.2. The molecule has 102 valence electrons. The van der Waals surface area contributed by atoms with Crippen molar-refractivity contribution in [3.8, 4) is 5.75 Å². The van der Waals surface area contributed by atoms with Crippen LogP contribution >= 0.6 is 24.0 Å². The topological polar surface area (TPSA) is 62.2 Å². The van der Waals surface area contributed by atoms with Crippen molar-refractivity contribution in [1.29, 1.82) is 0 Å². The number of nitrogens with zero attached hydrogens (tertiary/aromatic N) is 1. The van der Waals surface area contributed by atoms with E-state index in [2.05, 4.69) is 10.3 Å². The van der Waals surface area contributed by atoms with Crippen molar-refractivity contribution in [3.05, 3.63) is 54.2 Å².